The molecule has 1 aromatic rings. The van der Waals surface area contributed by atoms with Crippen molar-refractivity contribution in [3.8, 4) is 0 Å². The van der Waals surface area contributed by atoms with Crippen molar-refractivity contribution in [1.29, 1.82) is 0 Å². The molecule has 16 heavy (non-hydrogen) atoms. The summed E-state index contributed by atoms with van der Waals surface area (Å²) in [6.45, 7) is 5.64. The fourth-order valence-corrected chi connectivity index (χ4v) is 1.30. The van der Waals surface area contributed by atoms with Crippen molar-refractivity contribution >= 4 is 5.69 Å². The van der Waals surface area contributed by atoms with Crippen LogP contribution in [0.3, 0.4) is 0 Å². The van der Waals surface area contributed by atoms with Gasteiger partial charge in [0.15, 0.2) is 0 Å². The summed E-state index contributed by atoms with van der Waals surface area (Å²) in [5.41, 5.74) is 5.47. The van der Waals surface area contributed by atoms with Crippen LogP contribution in [0.1, 0.15) is 6.92 Å². The first-order chi connectivity index (χ1) is 7.74. The van der Waals surface area contributed by atoms with Gasteiger partial charge in [0.1, 0.15) is 0 Å². The first-order valence-electron chi connectivity index (χ1n) is 5.25. The van der Waals surface area contributed by atoms with Gasteiger partial charge in [-0.25, -0.2) is 0 Å². The predicted octanol–water partition coefficient (Wildman–Crippen LogP) is 3.27. The number of hydrazine groups is 1. The highest BCUT2D eigenvalue weighted by atomic mass is 15.5. The Labute approximate surface area is 97.6 Å². The average molecular weight is 214 g/mol. The van der Waals surface area contributed by atoms with Crippen LogP contribution >= 0.6 is 0 Å². The van der Waals surface area contributed by atoms with Crippen molar-refractivity contribution in [3.63, 3.8) is 0 Å². The molecule has 1 aromatic carbocycles. The van der Waals surface area contributed by atoms with Gasteiger partial charge in [0.2, 0.25) is 0 Å². The number of allylic oxidation sites excluding steroid dienone is 5. The van der Waals surface area contributed by atoms with E-state index < -0.39 is 0 Å². The summed E-state index contributed by atoms with van der Waals surface area (Å²) in [5.74, 6) is 0. The van der Waals surface area contributed by atoms with Crippen LogP contribution in [0.4, 0.5) is 5.69 Å². The molecule has 0 bridgehead atoms. The van der Waals surface area contributed by atoms with Crippen LogP contribution in [0.2, 0.25) is 0 Å². The highest BCUT2D eigenvalue weighted by Crippen LogP contribution is 2.09. The molecule has 0 aromatic heterocycles. The van der Waals surface area contributed by atoms with Crippen LogP contribution < -0.4 is 10.4 Å². The van der Waals surface area contributed by atoms with E-state index in [4.69, 9.17) is 0 Å². The van der Waals surface area contributed by atoms with Crippen molar-refractivity contribution in [2.45, 2.75) is 6.92 Å². The first-order valence-corrected chi connectivity index (χ1v) is 5.25. The summed E-state index contributed by atoms with van der Waals surface area (Å²) in [6, 6.07) is 10.2. The second-order valence-electron chi connectivity index (χ2n) is 3.48. The molecule has 0 heterocycles. The predicted molar refractivity (Wildman–Crippen MR) is 71.1 cm³/mol. The molecule has 1 N–H and O–H groups in total. The summed E-state index contributed by atoms with van der Waals surface area (Å²) in [7, 11) is 1.99. The zero-order valence-electron chi connectivity index (χ0n) is 9.85. The van der Waals surface area contributed by atoms with E-state index >= 15 is 0 Å². The minimum absolute atomic E-state index is 1.07. The average Bonchev–Trinajstić information content (AvgIpc) is 2.30. The number of hydrogen-bond acceptors (Lipinski definition) is 2. The molecule has 84 valence electrons. The lowest BCUT2D eigenvalue weighted by Gasteiger charge is -2.21. The third-order valence-corrected chi connectivity index (χ3v) is 2.08. The van der Waals surface area contributed by atoms with E-state index in [2.05, 4.69) is 24.1 Å². The fraction of sp³-hybridized carbons (Fsp3) is 0.143. The molecule has 0 spiro atoms. The van der Waals surface area contributed by atoms with E-state index in [9.17, 15) is 0 Å². The van der Waals surface area contributed by atoms with Gasteiger partial charge in [-0.1, -0.05) is 43.0 Å². The lowest BCUT2D eigenvalue weighted by Crippen LogP contribution is -2.32. The zero-order chi connectivity index (χ0) is 11.8. The molecule has 2 heteroatoms. The number of rotatable bonds is 5. The first kappa shape index (κ1) is 12.1. The Morgan fingerprint density at radius 2 is 1.94 bits per heavy atom. The maximum absolute atomic E-state index is 3.62. The van der Waals surface area contributed by atoms with E-state index in [-0.39, 0.29) is 0 Å². The zero-order valence-corrected chi connectivity index (χ0v) is 9.85. The SMILES string of the molecule is C=C/C=C\C=C(\C)NN(C)c1ccccc1. The number of benzene rings is 1. The molecule has 0 fully saturated rings. The number of nitrogens with zero attached hydrogens (tertiary/aromatic N) is 1. The molecular formula is C14H18N2. The molecule has 0 radical (unpaired) electrons. The maximum atomic E-state index is 3.62. The van der Waals surface area contributed by atoms with Gasteiger partial charge >= 0.3 is 0 Å². The van der Waals surface area contributed by atoms with E-state index in [0.29, 0.717) is 0 Å². The van der Waals surface area contributed by atoms with E-state index in [1.54, 1.807) is 6.08 Å². The summed E-state index contributed by atoms with van der Waals surface area (Å²) in [6.07, 6.45) is 7.60. The lowest BCUT2D eigenvalue weighted by atomic mass is 10.3. The summed E-state index contributed by atoms with van der Waals surface area (Å²) < 4.78 is 0. The van der Waals surface area contributed by atoms with Crippen LogP contribution in [0, 0.1) is 0 Å². The van der Waals surface area contributed by atoms with Crippen LogP contribution in [0.5, 0.6) is 0 Å². The van der Waals surface area contributed by atoms with Crippen molar-refractivity contribution in [2.24, 2.45) is 0 Å². The van der Waals surface area contributed by atoms with Gasteiger partial charge in [-0.2, -0.15) is 0 Å². The van der Waals surface area contributed by atoms with E-state index in [1.165, 1.54) is 0 Å². The van der Waals surface area contributed by atoms with Crippen molar-refractivity contribution in [1.82, 2.24) is 5.43 Å². The Bertz CT molecular complexity index is 377. The Hall–Kier alpha value is -1.96. The largest absolute Gasteiger partial charge is 0.303 e. The third kappa shape index (κ3) is 4.05. The quantitative estimate of drug-likeness (QED) is 0.597. The van der Waals surface area contributed by atoms with Gasteiger partial charge in [0.25, 0.3) is 0 Å². The summed E-state index contributed by atoms with van der Waals surface area (Å²) in [4.78, 5) is 0. The Kier molecular flexibility index (Phi) is 4.93. The summed E-state index contributed by atoms with van der Waals surface area (Å²) >= 11 is 0. The van der Waals surface area contributed by atoms with Gasteiger partial charge in [0, 0.05) is 12.7 Å². The molecule has 0 aliphatic carbocycles. The number of hydrogen-bond donors (Lipinski definition) is 1. The molecule has 0 aliphatic heterocycles. The molecule has 0 saturated heterocycles. The smallest absolute Gasteiger partial charge is 0.0568 e. The van der Waals surface area contributed by atoms with Gasteiger partial charge < -0.3 is 5.43 Å². The van der Waals surface area contributed by atoms with Gasteiger partial charge in [-0.3, -0.25) is 5.01 Å². The molecule has 2 nitrogen and oxygen atoms in total. The van der Waals surface area contributed by atoms with Crippen LogP contribution in [-0.4, -0.2) is 7.05 Å². The van der Waals surface area contributed by atoms with Crippen LogP contribution in [0.25, 0.3) is 0 Å². The van der Waals surface area contributed by atoms with Crippen LogP contribution in [-0.2, 0) is 0 Å². The Morgan fingerprint density at radius 1 is 1.25 bits per heavy atom. The highest BCUT2D eigenvalue weighted by Gasteiger charge is 1.97. The normalized spacial score (nSPS) is 11.5. The van der Waals surface area contributed by atoms with E-state index in [1.807, 2.05) is 55.4 Å². The van der Waals surface area contributed by atoms with Crippen molar-refractivity contribution in [3.05, 3.63) is 66.9 Å². The maximum Gasteiger partial charge on any atom is 0.0568 e. The fourth-order valence-electron chi connectivity index (χ4n) is 1.30. The topological polar surface area (TPSA) is 15.3 Å². The highest BCUT2D eigenvalue weighted by molar-refractivity contribution is 5.44. The molecule has 0 amide bonds. The Balaban J connectivity index is 2.58. The number of anilines is 1. The van der Waals surface area contributed by atoms with E-state index in [0.717, 1.165) is 11.4 Å². The van der Waals surface area contributed by atoms with Gasteiger partial charge in [0.05, 0.1) is 5.69 Å². The van der Waals surface area contributed by atoms with Gasteiger partial charge in [-0.05, 0) is 25.1 Å². The van der Waals surface area contributed by atoms with Crippen LogP contribution in [0.15, 0.2) is 66.9 Å². The third-order valence-electron chi connectivity index (χ3n) is 2.08. The number of para-hydroxylation sites is 1. The monoisotopic (exact) mass is 214 g/mol. The summed E-state index contributed by atoms with van der Waals surface area (Å²) in [5, 5.41) is 1.98. The van der Waals surface area contributed by atoms with Crippen molar-refractivity contribution < 1.29 is 0 Å². The lowest BCUT2D eigenvalue weighted by molar-refractivity contribution is 0.787. The molecular weight excluding hydrogens is 196 g/mol. The Morgan fingerprint density at radius 3 is 2.56 bits per heavy atom. The molecule has 1 rings (SSSR count). The molecule has 0 aliphatic rings. The number of nitrogens with one attached hydrogen (secondary N) is 1. The molecule has 0 atom stereocenters. The molecule has 0 unspecified atom stereocenters. The standard InChI is InChI=1S/C14H18N2/c1-4-5-7-10-13(2)15-16(3)14-11-8-6-9-12-14/h4-12,15H,1H2,2-3H3/b7-5-,13-10-. The minimum Gasteiger partial charge on any atom is -0.303 e. The molecule has 0 saturated carbocycles. The van der Waals surface area contributed by atoms with Crippen molar-refractivity contribution in [2.75, 3.05) is 12.1 Å². The second-order valence-corrected chi connectivity index (χ2v) is 3.48. The minimum atomic E-state index is 1.07. The van der Waals surface area contributed by atoms with Gasteiger partial charge in [-0.15, -0.1) is 0 Å². The second kappa shape index (κ2) is 6.51.